The van der Waals surface area contributed by atoms with Crippen molar-refractivity contribution in [1.29, 1.82) is 0 Å². The fourth-order valence-electron chi connectivity index (χ4n) is 2.92. The molecule has 0 unspecified atom stereocenters. The van der Waals surface area contributed by atoms with Crippen molar-refractivity contribution < 1.29 is 9.34 Å². The number of thioether (sulfide) groups is 1. The molecule has 4 rings (SSSR count). The van der Waals surface area contributed by atoms with Crippen molar-refractivity contribution in [2.75, 3.05) is 0 Å². The predicted octanol–water partition coefficient (Wildman–Crippen LogP) is 5.04. The van der Waals surface area contributed by atoms with E-state index in [1.165, 1.54) is 17.8 Å². The smallest absolute Gasteiger partial charge is 0.273 e. The maximum absolute atomic E-state index is 11.3. The molecule has 28 heavy (non-hydrogen) atoms. The van der Waals surface area contributed by atoms with E-state index < -0.39 is 0 Å². The fraction of sp³-hybridized carbons (Fsp3) is 0.100. The summed E-state index contributed by atoms with van der Waals surface area (Å²) in [4.78, 5) is 10.9. The van der Waals surface area contributed by atoms with Gasteiger partial charge in [-0.1, -0.05) is 48.2 Å². The molecule has 0 fully saturated rings. The van der Waals surface area contributed by atoms with Crippen LogP contribution in [0.4, 0.5) is 5.69 Å². The van der Waals surface area contributed by atoms with E-state index in [4.69, 9.17) is 4.42 Å². The van der Waals surface area contributed by atoms with Crippen LogP contribution >= 0.6 is 11.8 Å². The number of nitrogens with zero attached hydrogens (tertiary/aromatic N) is 4. The molecule has 4 aromatic rings. The summed E-state index contributed by atoms with van der Waals surface area (Å²) in [5.41, 5.74) is 2.51. The van der Waals surface area contributed by atoms with Gasteiger partial charge in [-0.3, -0.25) is 14.7 Å². The maximum Gasteiger partial charge on any atom is 0.273 e. The Labute approximate surface area is 165 Å². The summed E-state index contributed by atoms with van der Waals surface area (Å²) in [5.74, 6) is 1.83. The van der Waals surface area contributed by atoms with Gasteiger partial charge in [0.1, 0.15) is 5.76 Å². The summed E-state index contributed by atoms with van der Waals surface area (Å²) in [6.07, 6.45) is 1.62. The molecule has 0 saturated carbocycles. The van der Waals surface area contributed by atoms with Crippen molar-refractivity contribution in [3.63, 3.8) is 0 Å². The van der Waals surface area contributed by atoms with E-state index in [1.54, 1.807) is 24.5 Å². The Morgan fingerprint density at radius 1 is 1.07 bits per heavy atom. The first-order chi connectivity index (χ1) is 13.6. The van der Waals surface area contributed by atoms with E-state index in [9.17, 15) is 10.1 Å². The Morgan fingerprint density at radius 3 is 2.54 bits per heavy atom. The zero-order valence-electron chi connectivity index (χ0n) is 15.0. The topological polar surface area (TPSA) is 87.0 Å². The largest absolute Gasteiger partial charge is 0.469 e. The highest BCUT2D eigenvalue weighted by Crippen LogP contribution is 2.32. The van der Waals surface area contributed by atoms with E-state index in [2.05, 4.69) is 10.2 Å². The monoisotopic (exact) mass is 392 g/mol. The van der Waals surface area contributed by atoms with Crippen LogP contribution in [0.15, 0.2) is 76.5 Å². The lowest BCUT2D eigenvalue weighted by molar-refractivity contribution is -0.385. The molecule has 0 aliphatic rings. The first-order valence-electron chi connectivity index (χ1n) is 8.55. The Morgan fingerprint density at radius 2 is 1.82 bits per heavy atom. The molecule has 7 nitrogen and oxygen atoms in total. The minimum absolute atomic E-state index is 0.103. The number of hydrogen-bond donors (Lipinski definition) is 0. The molecular formula is C20H16N4O3S. The number of nitro groups is 1. The quantitative estimate of drug-likeness (QED) is 0.260. The van der Waals surface area contributed by atoms with Gasteiger partial charge in [-0.05, 0) is 25.1 Å². The van der Waals surface area contributed by atoms with Gasteiger partial charge < -0.3 is 4.42 Å². The molecule has 0 atom stereocenters. The first-order valence-corrected chi connectivity index (χ1v) is 9.54. The van der Waals surface area contributed by atoms with Gasteiger partial charge in [-0.25, -0.2) is 0 Å². The van der Waals surface area contributed by atoms with Crippen LogP contribution in [0.1, 0.15) is 11.3 Å². The van der Waals surface area contributed by atoms with Crippen molar-refractivity contribution in [2.45, 2.75) is 17.8 Å². The lowest BCUT2D eigenvalue weighted by atomic mass is 10.2. The lowest BCUT2D eigenvalue weighted by Gasteiger charge is -2.10. The van der Waals surface area contributed by atoms with Crippen molar-refractivity contribution in [3.8, 4) is 17.1 Å². The van der Waals surface area contributed by atoms with Crippen LogP contribution in [0.2, 0.25) is 0 Å². The highest BCUT2D eigenvalue weighted by atomic mass is 32.2. The van der Waals surface area contributed by atoms with Gasteiger partial charge in [0, 0.05) is 23.1 Å². The van der Waals surface area contributed by atoms with Crippen LogP contribution in [-0.2, 0) is 5.75 Å². The highest BCUT2D eigenvalue weighted by Gasteiger charge is 2.20. The van der Waals surface area contributed by atoms with Crippen molar-refractivity contribution in [1.82, 2.24) is 14.8 Å². The number of hydrogen-bond acceptors (Lipinski definition) is 6. The van der Waals surface area contributed by atoms with Gasteiger partial charge in [-0.2, -0.15) is 0 Å². The minimum atomic E-state index is -0.363. The molecule has 8 heteroatoms. The average molecular weight is 392 g/mol. The molecule has 0 amide bonds. The van der Waals surface area contributed by atoms with Crippen molar-refractivity contribution >= 4 is 17.4 Å². The number of furan rings is 1. The maximum atomic E-state index is 11.3. The molecule has 0 spiro atoms. The van der Waals surface area contributed by atoms with Gasteiger partial charge in [0.2, 0.25) is 0 Å². The molecule has 0 saturated heterocycles. The van der Waals surface area contributed by atoms with E-state index in [1.807, 2.05) is 47.9 Å². The number of nitro benzene ring substituents is 1. The molecule has 0 radical (unpaired) electrons. The summed E-state index contributed by atoms with van der Waals surface area (Å²) >= 11 is 1.40. The standard InChI is InChI=1S/C20H16N4O3S/c1-14-17(11-12-27-14)19-21-22-20(23(19)16-8-3-2-4-9-16)28-13-15-7-5-6-10-18(15)24(25)26/h2-12H,13H2,1H3. The minimum Gasteiger partial charge on any atom is -0.469 e. The third-order valence-corrected chi connectivity index (χ3v) is 5.27. The summed E-state index contributed by atoms with van der Waals surface area (Å²) in [6.45, 7) is 1.87. The zero-order valence-corrected chi connectivity index (χ0v) is 15.8. The Kier molecular flexibility index (Phi) is 4.94. The molecule has 2 aromatic carbocycles. The number of rotatable bonds is 6. The SMILES string of the molecule is Cc1occc1-c1nnc(SCc2ccccc2[N+](=O)[O-])n1-c1ccccc1. The number of aromatic nitrogens is 3. The summed E-state index contributed by atoms with van der Waals surface area (Å²) in [7, 11) is 0. The van der Waals surface area contributed by atoms with Gasteiger partial charge >= 0.3 is 0 Å². The second-order valence-corrected chi connectivity index (χ2v) is 6.98. The van der Waals surface area contributed by atoms with Crippen LogP contribution < -0.4 is 0 Å². The fourth-order valence-corrected chi connectivity index (χ4v) is 3.87. The molecule has 0 aliphatic carbocycles. The molecule has 0 aliphatic heterocycles. The van der Waals surface area contributed by atoms with Gasteiger partial charge in [-0.15, -0.1) is 10.2 Å². The van der Waals surface area contributed by atoms with Crippen LogP contribution in [0.3, 0.4) is 0 Å². The normalized spacial score (nSPS) is 10.9. The highest BCUT2D eigenvalue weighted by molar-refractivity contribution is 7.98. The number of aryl methyl sites for hydroxylation is 1. The van der Waals surface area contributed by atoms with E-state index >= 15 is 0 Å². The Balaban J connectivity index is 1.73. The summed E-state index contributed by atoms with van der Waals surface area (Å²) in [5, 5.41) is 20.6. The van der Waals surface area contributed by atoms with E-state index in [-0.39, 0.29) is 10.6 Å². The molecule has 0 bridgehead atoms. The van der Waals surface area contributed by atoms with Crippen molar-refractivity contribution in [3.05, 3.63) is 88.4 Å². The second-order valence-electron chi connectivity index (χ2n) is 6.04. The summed E-state index contributed by atoms with van der Waals surface area (Å²) < 4.78 is 7.37. The average Bonchev–Trinajstić information content (AvgIpc) is 3.32. The molecule has 0 N–H and O–H groups in total. The molecule has 2 aromatic heterocycles. The first kappa shape index (κ1) is 18.0. The van der Waals surface area contributed by atoms with Gasteiger partial charge in [0.05, 0.1) is 16.7 Å². The number of para-hydroxylation sites is 2. The van der Waals surface area contributed by atoms with Crippen molar-refractivity contribution in [2.24, 2.45) is 0 Å². The molecular weight excluding hydrogens is 376 g/mol. The predicted molar refractivity (Wildman–Crippen MR) is 106 cm³/mol. The van der Waals surface area contributed by atoms with Crippen LogP contribution in [0, 0.1) is 17.0 Å². The van der Waals surface area contributed by atoms with E-state index in [0.29, 0.717) is 22.3 Å². The molecule has 2 heterocycles. The third-order valence-electron chi connectivity index (χ3n) is 4.29. The Bertz CT molecular complexity index is 1120. The zero-order chi connectivity index (χ0) is 19.5. The van der Waals surface area contributed by atoms with Gasteiger partial charge in [0.25, 0.3) is 5.69 Å². The van der Waals surface area contributed by atoms with Crippen LogP contribution in [0.5, 0.6) is 0 Å². The second kappa shape index (κ2) is 7.69. The number of benzene rings is 2. The Hall–Kier alpha value is -3.39. The molecule has 140 valence electrons. The van der Waals surface area contributed by atoms with Crippen LogP contribution in [0.25, 0.3) is 17.1 Å². The van der Waals surface area contributed by atoms with Crippen LogP contribution in [-0.4, -0.2) is 19.7 Å². The van der Waals surface area contributed by atoms with E-state index in [0.717, 1.165) is 17.0 Å². The summed E-state index contributed by atoms with van der Waals surface area (Å²) in [6, 6.07) is 18.4. The lowest BCUT2D eigenvalue weighted by Crippen LogP contribution is -2.00. The third kappa shape index (κ3) is 3.41. The van der Waals surface area contributed by atoms with Gasteiger partial charge in [0.15, 0.2) is 11.0 Å².